The van der Waals surface area contributed by atoms with Gasteiger partial charge in [-0.15, -0.1) is 0 Å². The molecule has 462 valence electrons. The van der Waals surface area contributed by atoms with Gasteiger partial charge in [-0.25, -0.2) is 4.79 Å². The molecule has 1 aliphatic carbocycles. The molecule has 1 fully saturated rings. The van der Waals surface area contributed by atoms with Crippen molar-refractivity contribution in [2.75, 3.05) is 39.6 Å². The fourth-order valence-corrected chi connectivity index (χ4v) is 10.7. The Morgan fingerprint density at radius 2 is 0.717 bits per heavy atom. The minimum atomic E-state index is -0.806. The van der Waals surface area contributed by atoms with Crippen LogP contribution in [0.3, 0.4) is 0 Å². The van der Waals surface area contributed by atoms with Crippen LogP contribution in [0.4, 0.5) is 0 Å². The van der Waals surface area contributed by atoms with Crippen molar-refractivity contribution in [3.8, 4) is 79.6 Å². The number of benzene rings is 9. The highest BCUT2D eigenvalue weighted by atomic mass is 16.6. The molecular weight excluding hydrogens is 1160 g/mol. The number of carbonyl (C=O) groups is 5. The Hall–Kier alpha value is -11.3. The molecule has 0 aromatic heterocycles. The first-order valence-corrected chi connectivity index (χ1v) is 30.5. The molecule has 1 unspecified atom stereocenters. The average Bonchev–Trinajstić information content (AvgIpc) is 1.14. The highest BCUT2D eigenvalue weighted by molar-refractivity contribution is 5.95. The summed E-state index contributed by atoms with van der Waals surface area (Å²) in [5.41, 5.74) is 11.1. The highest BCUT2D eigenvalue weighted by Crippen LogP contribution is 2.37. The second-order valence-corrected chi connectivity index (χ2v) is 22.2. The van der Waals surface area contributed by atoms with Crippen LogP contribution in [0.2, 0.25) is 0 Å². The SMILES string of the molecule is C[C@H](NC(=O)c1ccc(OC(=O)c2ccc(OCCOC(=O)C3C[C@@H](C(=O)OCCCOc4ccc(-c5ccc(-c6ccc(C#N)cc6)cc5)cc4)C[C@@H](C(=O)OCCCOc4ccc(-c5ccc(-c6ccc(C#N)cc6)cc5)cc4)C3)cc2)cc1)c1ccccc1. The summed E-state index contributed by atoms with van der Waals surface area (Å²) >= 11 is 0. The Bertz CT molecular complexity index is 3840. The number of rotatable bonds is 26. The third kappa shape index (κ3) is 17.7. The molecule has 1 aliphatic rings. The maximum Gasteiger partial charge on any atom is 0.343 e. The van der Waals surface area contributed by atoms with E-state index in [4.69, 9.17) is 43.7 Å². The van der Waals surface area contributed by atoms with Gasteiger partial charge in [0.15, 0.2) is 0 Å². The summed E-state index contributed by atoms with van der Waals surface area (Å²) in [6, 6.07) is 73.0. The summed E-state index contributed by atoms with van der Waals surface area (Å²) in [6.45, 7) is 2.43. The standard InChI is InChI=1S/C77H67N3O12/c1-52(55-7-3-2-4-8-55)80-73(81)64-29-39-72(40-30-64)92-77(85)65-31-37-71(38-32-65)88-45-46-91-76(84)68-48-66(74(82)89-43-5-41-86-69-33-25-62(26-34-69)60-21-17-58(18-22-60)56-13-9-53(50-78)10-14-56)47-67(49-68)75(83)90-44-6-42-87-70-35-27-63(28-36-70)61-23-19-59(20-24-61)57-15-11-54(51-79)12-16-57/h2-4,7-40,52,66-68H,5-6,41-49H2,1H3,(H,80,81)/t52-,66-,67+,68?/m0/s1. The first-order chi connectivity index (χ1) is 44.9. The number of hydrogen-bond donors (Lipinski definition) is 1. The lowest BCUT2D eigenvalue weighted by atomic mass is 9.75. The van der Waals surface area contributed by atoms with Crippen molar-refractivity contribution in [1.29, 1.82) is 10.5 Å². The third-order valence-electron chi connectivity index (χ3n) is 15.8. The fraction of sp³-hybridized carbons (Fsp3) is 0.208. The predicted octanol–water partition coefficient (Wildman–Crippen LogP) is 14.8. The van der Waals surface area contributed by atoms with Gasteiger partial charge in [0.1, 0.15) is 36.2 Å². The molecule has 10 rings (SSSR count). The molecule has 9 aromatic rings. The molecule has 1 saturated carbocycles. The van der Waals surface area contributed by atoms with E-state index in [1.807, 2.05) is 159 Å². The maximum absolute atomic E-state index is 13.7. The van der Waals surface area contributed by atoms with Crippen LogP contribution in [-0.4, -0.2) is 69.4 Å². The van der Waals surface area contributed by atoms with E-state index in [1.165, 1.54) is 0 Å². The van der Waals surface area contributed by atoms with Crippen LogP contribution in [0.15, 0.2) is 224 Å². The van der Waals surface area contributed by atoms with Gasteiger partial charge in [0.2, 0.25) is 0 Å². The molecule has 0 radical (unpaired) electrons. The Morgan fingerprint density at radius 1 is 0.391 bits per heavy atom. The zero-order valence-electron chi connectivity index (χ0n) is 50.7. The number of carbonyl (C=O) groups excluding carboxylic acids is 5. The van der Waals surface area contributed by atoms with E-state index >= 15 is 0 Å². The van der Waals surface area contributed by atoms with Gasteiger partial charge >= 0.3 is 23.9 Å². The van der Waals surface area contributed by atoms with E-state index in [0.717, 1.165) is 50.1 Å². The second kappa shape index (κ2) is 31.8. The van der Waals surface area contributed by atoms with E-state index in [-0.39, 0.29) is 82.2 Å². The van der Waals surface area contributed by atoms with Gasteiger partial charge in [0.05, 0.1) is 79.1 Å². The summed E-state index contributed by atoms with van der Waals surface area (Å²) in [7, 11) is 0. The third-order valence-corrected chi connectivity index (χ3v) is 15.8. The smallest absolute Gasteiger partial charge is 0.343 e. The molecule has 4 atom stereocenters. The van der Waals surface area contributed by atoms with E-state index < -0.39 is 41.6 Å². The number of nitriles is 2. The van der Waals surface area contributed by atoms with Crippen LogP contribution >= 0.6 is 0 Å². The average molecular weight is 1230 g/mol. The Labute approximate surface area is 534 Å². The molecule has 0 saturated heterocycles. The summed E-state index contributed by atoms with van der Waals surface area (Å²) in [6.07, 6.45) is 1.16. The maximum atomic E-state index is 13.7. The lowest BCUT2D eigenvalue weighted by molar-refractivity contribution is -0.161. The van der Waals surface area contributed by atoms with Gasteiger partial charge in [-0.05, 0) is 173 Å². The van der Waals surface area contributed by atoms with Crippen LogP contribution in [-0.2, 0) is 28.6 Å². The fourth-order valence-electron chi connectivity index (χ4n) is 10.7. The number of ether oxygens (including phenoxy) is 7. The van der Waals surface area contributed by atoms with E-state index in [9.17, 15) is 24.0 Å². The van der Waals surface area contributed by atoms with Gasteiger partial charge in [-0.3, -0.25) is 19.2 Å². The largest absolute Gasteiger partial charge is 0.493 e. The van der Waals surface area contributed by atoms with Crippen LogP contribution in [0, 0.1) is 40.4 Å². The van der Waals surface area contributed by atoms with Gasteiger partial charge in [0.25, 0.3) is 5.91 Å². The Kier molecular flexibility index (Phi) is 22.0. The van der Waals surface area contributed by atoms with Crippen molar-refractivity contribution in [1.82, 2.24) is 5.32 Å². The topological polar surface area (TPSA) is 210 Å². The zero-order valence-corrected chi connectivity index (χ0v) is 50.7. The minimum Gasteiger partial charge on any atom is -0.493 e. The Morgan fingerprint density at radius 3 is 1.11 bits per heavy atom. The molecule has 15 nitrogen and oxygen atoms in total. The lowest BCUT2D eigenvalue weighted by Gasteiger charge is -2.31. The Balaban J connectivity index is 0.677. The zero-order chi connectivity index (χ0) is 64.0. The summed E-state index contributed by atoms with van der Waals surface area (Å²) in [5.74, 6) is -2.90. The molecule has 1 amide bonds. The van der Waals surface area contributed by atoms with Crippen LogP contribution in [0.25, 0.3) is 44.5 Å². The first kappa shape index (κ1) is 63.7. The molecule has 0 bridgehead atoms. The first-order valence-electron chi connectivity index (χ1n) is 30.5. The monoisotopic (exact) mass is 1230 g/mol. The number of amides is 1. The number of nitrogens with one attached hydrogen (secondary N) is 1. The normalized spacial score (nSPS) is 14.4. The molecule has 92 heavy (non-hydrogen) atoms. The molecule has 1 N–H and O–H groups in total. The van der Waals surface area contributed by atoms with Gasteiger partial charge in [-0.1, -0.05) is 127 Å². The van der Waals surface area contributed by atoms with E-state index in [2.05, 4.69) is 17.5 Å². The highest BCUT2D eigenvalue weighted by Gasteiger charge is 2.41. The van der Waals surface area contributed by atoms with Crippen molar-refractivity contribution in [2.24, 2.45) is 17.8 Å². The lowest BCUT2D eigenvalue weighted by Crippen LogP contribution is -2.37. The second-order valence-electron chi connectivity index (χ2n) is 22.2. The molecular formula is C77H67N3O12. The molecule has 0 heterocycles. The van der Waals surface area contributed by atoms with Crippen LogP contribution < -0.4 is 24.3 Å². The molecule has 9 aromatic carbocycles. The summed E-state index contributed by atoms with van der Waals surface area (Å²) in [4.78, 5) is 67.0. The van der Waals surface area contributed by atoms with Gasteiger partial charge < -0.3 is 38.5 Å². The summed E-state index contributed by atoms with van der Waals surface area (Å²) in [5, 5.41) is 21.2. The number of hydrogen-bond acceptors (Lipinski definition) is 14. The predicted molar refractivity (Wildman–Crippen MR) is 347 cm³/mol. The van der Waals surface area contributed by atoms with Gasteiger partial charge in [-0.2, -0.15) is 10.5 Å². The van der Waals surface area contributed by atoms with Crippen molar-refractivity contribution in [2.45, 2.75) is 45.1 Å². The molecule has 0 aliphatic heterocycles. The van der Waals surface area contributed by atoms with E-state index in [0.29, 0.717) is 46.8 Å². The molecule has 15 heteroatoms. The number of esters is 4. The summed E-state index contributed by atoms with van der Waals surface area (Å²) < 4.78 is 40.5. The van der Waals surface area contributed by atoms with Crippen molar-refractivity contribution in [3.05, 3.63) is 252 Å². The van der Waals surface area contributed by atoms with E-state index in [1.54, 1.807) is 72.8 Å². The number of nitrogens with zero attached hydrogens (tertiary/aromatic N) is 2. The molecule has 0 spiro atoms. The van der Waals surface area contributed by atoms with Gasteiger partial charge in [0, 0.05) is 18.4 Å². The minimum absolute atomic E-state index is 0.0206. The van der Waals surface area contributed by atoms with Crippen molar-refractivity contribution >= 4 is 29.8 Å². The van der Waals surface area contributed by atoms with Crippen LogP contribution in [0.5, 0.6) is 23.0 Å². The van der Waals surface area contributed by atoms with Crippen LogP contribution in [0.1, 0.15) is 82.5 Å². The quantitative estimate of drug-likeness (QED) is 0.0231. The van der Waals surface area contributed by atoms with Crippen molar-refractivity contribution < 1.29 is 57.1 Å². The van der Waals surface area contributed by atoms with Crippen molar-refractivity contribution in [3.63, 3.8) is 0 Å².